The first kappa shape index (κ1) is 22.6. The fourth-order valence-electron chi connectivity index (χ4n) is 3.42. The summed E-state index contributed by atoms with van der Waals surface area (Å²) in [6, 6.07) is 20.1. The first-order valence-electron chi connectivity index (χ1n) is 10.1. The average molecular weight is 479 g/mol. The predicted molar refractivity (Wildman–Crippen MR) is 133 cm³/mol. The lowest BCUT2D eigenvalue weighted by molar-refractivity contribution is -0.130. The number of aromatic amines is 1. The highest BCUT2D eigenvalue weighted by Crippen LogP contribution is 2.35. The highest BCUT2D eigenvalue weighted by Gasteiger charge is 2.17. The van der Waals surface area contributed by atoms with Crippen molar-refractivity contribution in [2.75, 3.05) is 7.11 Å². The third-order valence-electron chi connectivity index (χ3n) is 5.17. The number of aromatic nitrogens is 2. The lowest BCUT2D eigenvalue weighted by Crippen LogP contribution is -2.00. The number of hydrogen-bond acceptors (Lipinski definition) is 3. The molecule has 7 heteroatoms. The molecule has 0 spiro atoms. The van der Waals surface area contributed by atoms with Gasteiger partial charge < -0.3 is 14.8 Å². The van der Waals surface area contributed by atoms with Gasteiger partial charge in [0.25, 0.3) is 0 Å². The molecule has 0 saturated heterocycles. The second-order valence-corrected chi connectivity index (χ2v) is 8.25. The molecule has 166 valence electrons. The number of benzene rings is 3. The molecule has 4 aromatic rings. The first-order chi connectivity index (χ1) is 15.9. The normalized spacial score (nSPS) is 11.5. The van der Waals surface area contributed by atoms with Crippen molar-refractivity contribution in [3.63, 3.8) is 0 Å². The molecule has 0 fully saturated rings. The number of nitrogens with one attached hydrogen (secondary N) is 1. The van der Waals surface area contributed by atoms with Crippen molar-refractivity contribution >= 4 is 40.8 Å². The third-order valence-corrected chi connectivity index (χ3v) is 5.91. The molecule has 3 aromatic carbocycles. The van der Waals surface area contributed by atoms with E-state index < -0.39 is 5.97 Å². The van der Waals surface area contributed by atoms with Gasteiger partial charge in [0.1, 0.15) is 11.6 Å². The van der Waals surface area contributed by atoms with E-state index in [1.54, 1.807) is 31.4 Å². The van der Waals surface area contributed by atoms with Gasteiger partial charge in [0.2, 0.25) is 0 Å². The zero-order valence-electron chi connectivity index (χ0n) is 17.9. The van der Waals surface area contributed by atoms with Gasteiger partial charge in [-0.15, -0.1) is 0 Å². The van der Waals surface area contributed by atoms with Crippen LogP contribution in [-0.2, 0) is 4.79 Å². The van der Waals surface area contributed by atoms with Crippen LogP contribution in [0.1, 0.15) is 17.0 Å². The van der Waals surface area contributed by atoms with Crippen molar-refractivity contribution in [2.24, 2.45) is 0 Å². The molecule has 0 radical (unpaired) electrons. The topological polar surface area (TPSA) is 75.2 Å². The Morgan fingerprint density at radius 1 is 0.970 bits per heavy atom. The van der Waals surface area contributed by atoms with E-state index in [4.69, 9.17) is 32.9 Å². The minimum Gasteiger partial charge on any atom is -0.497 e. The molecule has 0 saturated carbocycles. The number of nitrogens with zero attached hydrogens (tertiary/aromatic N) is 1. The first-order valence-corrected chi connectivity index (χ1v) is 10.8. The van der Waals surface area contributed by atoms with Gasteiger partial charge in [0.05, 0.1) is 34.1 Å². The standard InChI is InChI=1S/C26H20Cl2N2O3/c1-15-3-5-16(6-4-15)20(26(31)32)14-23-29-24(17-7-10-19(33-2)11-8-17)25(30-23)18-9-12-21(27)22(28)13-18/h3-14H,1-2H3,(H,29,30)(H,31,32)/b20-14+. The summed E-state index contributed by atoms with van der Waals surface area (Å²) in [4.78, 5) is 20.0. The quantitative estimate of drug-likeness (QED) is 0.292. The molecule has 0 bridgehead atoms. The number of carboxylic acid groups (broad SMARTS) is 1. The Hall–Kier alpha value is -3.54. The van der Waals surface area contributed by atoms with Crippen molar-refractivity contribution in [1.29, 1.82) is 0 Å². The zero-order valence-corrected chi connectivity index (χ0v) is 19.4. The second-order valence-electron chi connectivity index (χ2n) is 7.43. The largest absolute Gasteiger partial charge is 0.497 e. The molecule has 0 unspecified atom stereocenters. The predicted octanol–water partition coefficient (Wildman–Crippen LogP) is 6.99. The molecule has 1 aromatic heterocycles. The average Bonchev–Trinajstić information content (AvgIpc) is 3.24. The van der Waals surface area contributed by atoms with Gasteiger partial charge in [-0.2, -0.15) is 0 Å². The summed E-state index contributed by atoms with van der Waals surface area (Å²) in [5.74, 6) is 0.0826. The van der Waals surface area contributed by atoms with E-state index in [2.05, 4.69) is 4.98 Å². The van der Waals surface area contributed by atoms with Crippen molar-refractivity contribution in [2.45, 2.75) is 6.92 Å². The van der Waals surface area contributed by atoms with Gasteiger partial charge in [-0.1, -0.05) is 59.1 Å². The lowest BCUT2D eigenvalue weighted by Gasteiger charge is -2.06. The number of rotatable bonds is 6. The van der Waals surface area contributed by atoms with Crippen LogP contribution >= 0.6 is 23.2 Å². The maximum atomic E-state index is 12.0. The molecular weight excluding hydrogens is 459 g/mol. The summed E-state index contributed by atoms with van der Waals surface area (Å²) in [5.41, 5.74) is 4.71. The van der Waals surface area contributed by atoms with Crippen LogP contribution in [0.25, 0.3) is 34.2 Å². The Morgan fingerprint density at radius 3 is 2.24 bits per heavy atom. The van der Waals surface area contributed by atoms with Gasteiger partial charge in [0, 0.05) is 11.1 Å². The number of carboxylic acids is 1. The fraction of sp³-hybridized carbons (Fsp3) is 0.0769. The van der Waals surface area contributed by atoms with Gasteiger partial charge in [-0.25, -0.2) is 9.78 Å². The van der Waals surface area contributed by atoms with E-state index in [-0.39, 0.29) is 5.57 Å². The summed E-state index contributed by atoms with van der Waals surface area (Å²) >= 11 is 12.3. The highest BCUT2D eigenvalue weighted by molar-refractivity contribution is 6.42. The molecule has 0 aliphatic heterocycles. The molecule has 2 N–H and O–H groups in total. The summed E-state index contributed by atoms with van der Waals surface area (Å²) in [5, 5.41) is 10.7. The van der Waals surface area contributed by atoms with E-state index in [0.717, 1.165) is 28.1 Å². The SMILES string of the molecule is COc1ccc(-c2[nH]c(/C=C(/C(=O)O)c3ccc(C)cc3)nc2-c2ccc(Cl)c(Cl)c2)cc1. The Labute approximate surface area is 201 Å². The van der Waals surface area contributed by atoms with E-state index in [0.29, 0.717) is 27.1 Å². The number of ether oxygens (including phenoxy) is 1. The maximum Gasteiger partial charge on any atom is 0.336 e. The smallest absolute Gasteiger partial charge is 0.336 e. The van der Waals surface area contributed by atoms with Crippen LogP contribution in [0.3, 0.4) is 0 Å². The number of carbonyl (C=O) groups is 1. The molecule has 0 aliphatic carbocycles. The van der Waals surface area contributed by atoms with Crippen molar-refractivity contribution in [1.82, 2.24) is 9.97 Å². The van der Waals surface area contributed by atoms with E-state index in [1.165, 1.54) is 6.08 Å². The number of imidazole rings is 1. The fourth-order valence-corrected chi connectivity index (χ4v) is 3.72. The minimum absolute atomic E-state index is 0.130. The zero-order chi connectivity index (χ0) is 23.5. The molecular formula is C26H20Cl2N2O3. The maximum absolute atomic E-state index is 12.0. The van der Waals surface area contributed by atoms with Crippen LogP contribution in [0.5, 0.6) is 5.75 Å². The van der Waals surface area contributed by atoms with Crippen LogP contribution in [0.4, 0.5) is 0 Å². The Balaban J connectivity index is 1.87. The third kappa shape index (κ3) is 4.95. The molecule has 1 heterocycles. The Morgan fingerprint density at radius 2 is 1.64 bits per heavy atom. The van der Waals surface area contributed by atoms with Gasteiger partial charge in [0.15, 0.2) is 0 Å². The van der Waals surface area contributed by atoms with Crippen LogP contribution in [0.15, 0.2) is 66.7 Å². The number of methoxy groups -OCH3 is 1. The molecule has 33 heavy (non-hydrogen) atoms. The monoisotopic (exact) mass is 478 g/mol. The van der Waals surface area contributed by atoms with Crippen molar-refractivity contribution < 1.29 is 14.6 Å². The molecule has 0 atom stereocenters. The minimum atomic E-state index is -1.04. The summed E-state index contributed by atoms with van der Waals surface area (Å²) in [6.07, 6.45) is 1.53. The lowest BCUT2D eigenvalue weighted by atomic mass is 10.0. The van der Waals surface area contributed by atoms with Gasteiger partial charge >= 0.3 is 5.97 Å². The number of halogens is 2. The van der Waals surface area contributed by atoms with E-state index >= 15 is 0 Å². The van der Waals surface area contributed by atoms with E-state index in [9.17, 15) is 9.90 Å². The molecule has 5 nitrogen and oxygen atoms in total. The van der Waals surface area contributed by atoms with Crippen molar-refractivity contribution in [3.8, 4) is 28.3 Å². The molecule has 0 amide bonds. The van der Waals surface area contributed by atoms with Crippen LogP contribution in [-0.4, -0.2) is 28.2 Å². The van der Waals surface area contributed by atoms with Crippen molar-refractivity contribution in [3.05, 3.63) is 93.7 Å². The number of hydrogen-bond donors (Lipinski definition) is 2. The van der Waals surface area contributed by atoms with E-state index in [1.807, 2.05) is 49.4 Å². The Kier molecular flexibility index (Phi) is 6.54. The van der Waals surface area contributed by atoms with Gasteiger partial charge in [-0.3, -0.25) is 0 Å². The summed E-state index contributed by atoms with van der Waals surface area (Å²) in [6.45, 7) is 1.95. The van der Waals surface area contributed by atoms with Crippen LogP contribution < -0.4 is 4.74 Å². The summed E-state index contributed by atoms with van der Waals surface area (Å²) in [7, 11) is 1.60. The number of H-pyrrole nitrogens is 1. The van der Waals surface area contributed by atoms with Crippen LogP contribution in [0.2, 0.25) is 10.0 Å². The number of aliphatic carboxylic acids is 1. The molecule has 0 aliphatic rings. The Bertz CT molecular complexity index is 1340. The highest BCUT2D eigenvalue weighted by atomic mass is 35.5. The van der Waals surface area contributed by atoms with Crippen LogP contribution in [0, 0.1) is 6.92 Å². The number of aryl methyl sites for hydroxylation is 1. The summed E-state index contributed by atoms with van der Waals surface area (Å²) < 4.78 is 5.26. The molecule has 4 rings (SSSR count). The van der Waals surface area contributed by atoms with Gasteiger partial charge in [-0.05, 0) is 55.0 Å². The second kappa shape index (κ2) is 9.53.